The van der Waals surface area contributed by atoms with Crippen LogP contribution in [0.4, 0.5) is 5.69 Å². The van der Waals surface area contributed by atoms with Crippen molar-refractivity contribution in [3.63, 3.8) is 0 Å². The maximum Gasteiger partial charge on any atom is 0.250 e. The summed E-state index contributed by atoms with van der Waals surface area (Å²) in [7, 11) is 0. The maximum absolute atomic E-state index is 11.9. The van der Waals surface area contributed by atoms with Crippen LogP contribution in [0.25, 0.3) is 11.5 Å². The van der Waals surface area contributed by atoms with E-state index in [4.69, 9.17) is 4.42 Å². The van der Waals surface area contributed by atoms with Crippen molar-refractivity contribution >= 4 is 11.6 Å². The molecule has 0 fully saturated rings. The zero-order valence-electron chi connectivity index (χ0n) is 11.8. The Bertz CT molecular complexity index is 644. The Morgan fingerprint density at radius 1 is 1.40 bits per heavy atom. The van der Waals surface area contributed by atoms with Crippen LogP contribution in [0.5, 0.6) is 0 Å². The minimum atomic E-state index is -0.106. The molecule has 0 unspecified atom stereocenters. The summed E-state index contributed by atoms with van der Waals surface area (Å²) in [5, 5.41) is 10.6. The molecule has 5 heteroatoms. The van der Waals surface area contributed by atoms with Crippen molar-refractivity contribution in [1.29, 1.82) is 0 Å². The second-order valence-corrected chi connectivity index (χ2v) is 4.46. The molecule has 0 atom stereocenters. The number of amides is 1. The number of allylic oxidation sites excluding steroid dienone is 1. The number of hydrogen-bond acceptors (Lipinski definition) is 4. The van der Waals surface area contributed by atoms with Crippen LogP contribution in [0, 0.1) is 6.92 Å². The van der Waals surface area contributed by atoms with Gasteiger partial charge in [0.15, 0.2) is 0 Å². The highest BCUT2D eigenvalue weighted by Crippen LogP contribution is 2.21. The van der Waals surface area contributed by atoms with Gasteiger partial charge in [-0.1, -0.05) is 19.1 Å². The lowest BCUT2D eigenvalue weighted by Crippen LogP contribution is -2.12. The molecule has 2 rings (SSSR count). The van der Waals surface area contributed by atoms with Crippen LogP contribution in [0.3, 0.4) is 0 Å². The molecule has 1 aromatic carbocycles. The summed E-state index contributed by atoms with van der Waals surface area (Å²) in [6.07, 6.45) is 2.72. The monoisotopic (exact) mass is 271 g/mol. The third-order valence-corrected chi connectivity index (χ3v) is 2.76. The molecule has 0 bridgehead atoms. The van der Waals surface area contributed by atoms with Crippen LogP contribution in [0.1, 0.15) is 26.2 Å². The van der Waals surface area contributed by atoms with Gasteiger partial charge < -0.3 is 9.73 Å². The molecule has 2 aromatic rings. The SMILES string of the molecule is CCC=C(C)C(=O)Nc1cccc(-c2nnc(C)o2)c1. The van der Waals surface area contributed by atoms with Crippen molar-refractivity contribution < 1.29 is 9.21 Å². The maximum atomic E-state index is 11.9. The average Bonchev–Trinajstić information content (AvgIpc) is 2.86. The van der Waals surface area contributed by atoms with E-state index in [0.29, 0.717) is 23.0 Å². The summed E-state index contributed by atoms with van der Waals surface area (Å²) in [6, 6.07) is 7.33. The minimum absolute atomic E-state index is 0.106. The van der Waals surface area contributed by atoms with Gasteiger partial charge in [-0.15, -0.1) is 10.2 Å². The van der Waals surface area contributed by atoms with Gasteiger partial charge in [-0.2, -0.15) is 0 Å². The summed E-state index contributed by atoms with van der Waals surface area (Å²) in [5.74, 6) is 0.848. The number of aromatic nitrogens is 2. The number of anilines is 1. The molecule has 0 radical (unpaired) electrons. The number of carbonyl (C=O) groups is 1. The fourth-order valence-corrected chi connectivity index (χ4v) is 1.77. The smallest absolute Gasteiger partial charge is 0.250 e. The third kappa shape index (κ3) is 3.32. The van der Waals surface area contributed by atoms with E-state index in [9.17, 15) is 4.79 Å². The van der Waals surface area contributed by atoms with Gasteiger partial charge in [-0.3, -0.25) is 4.79 Å². The summed E-state index contributed by atoms with van der Waals surface area (Å²) in [6.45, 7) is 5.53. The molecule has 0 aliphatic heterocycles. The average molecular weight is 271 g/mol. The van der Waals surface area contributed by atoms with Gasteiger partial charge in [0.2, 0.25) is 11.8 Å². The molecule has 1 amide bonds. The van der Waals surface area contributed by atoms with Crippen LogP contribution in [-0.4, -0.2) is 16.1 Å². The second-order valence-electron chi connectivity index (χ2n) is 4.46. The Hall–Kier alpha value is -2.43. The van der Waals surface area contributed by atoms with E-state index in [2.05, 4.69) is 15.5 Å². The van der Waals surface area contributed by atoms with E-state index in [1.54, 1.807) is 13.8 Å². The van der Waals surface area contributed by atoms with Crippen molar-refractivity contribution in [3.05, 3.63) is 41.8 Å². The minimum Gasteiger partial charge on any atom is -0.421 e. The number of benzene rings is 1. The topological polar surface area (TPSA) is 68.0 Å². The highest BCUT2D eigenvalue weighted by Gasteiger charge is 2.08. The van der Waals surface area contributed by atoms with Crippen molar-refractivity contribution in [2.45, 2.75) is 27.2 Å². The van der Waals surface area contributed by atoms with Crippen LogP contribution < -0.4 is 5.32 Å². The largest absolute Gasteiger partial charge is 0.421 e. The summed E-state index contributed by atoms with van der Waals surface area (Å²) in [4.78, 5) is 11.9. The van der Waals surface area contributed by atoms with E-state index in [-0.39, 0.29) is 5.91 Å². The zero-order valence-corrected chi connectivity index (χ0v) is 11.8. The predicted octanol–water partition coefficient (Wildman–Crippen LogP) is 3.34. The molecule has 0 saturated carbocycles. The quantitative estimate of drug-likeness (QED) is 0.866. The summed E-state index contributed by atoms with van der Waals surface area (Å²) in [5.41, 5.74) is 2.18. The van der Waals surface area contributed by atoms with E-state index >= 15 is 0 Å². The van der Waals surface area contributed by atoms with Crippen molar-refractivity contribution in [2.75, 3.05) is 5.32 Å². The van der Waals surface area contributed by atoms with Gasteiger partial charge in [-0.05, 0) is 31.5 Å². The first kappa shape index (κ1) is 14.0. The van der Waals surface area contributed by atoms with E-state index < -0.39 is 0 Å². The normalized spacial score (nSPS) is 11.4. The van der Waals surface area contributed by atoms with Crippen molar-refractivity contribution in [3.8, 4) is 11.5 Å². The van der Waals surface area contributed by atoms with Crippen LogP contribution >= 0.6 is 0 Å². The first-order valence-electron chi connectivity index (χ1n) is 6.48. The van der Waals surface area contributed by atoms with Gasteiger partial charge in [0.25, 0.3) is 5.91 Å². The van der Waals surface area contributed by atoms with E-state index in [1.807, 2.05) is 37.3 Å². The standard InChI is InChI=1S/C15H17N3O2/c1-4-6-10(2)14(19)16-13-8-5-7-12(9-13)15-18-17-11(3)20-15/h5-9H,4H2,1-3H3,(H,16,19). The fraction of sp³-hybridized carbons (Fsp3) is 0.267. The second kappa shape index (κ2) is 6.14. The highest BCUT2D eigenvalue weighted by atomic mass is 16.4. The molecule has 1 N–H and O–H groups in total. The number of rotatable bonds is 4. The van der Waals surface area contributed by atoms with Gasteiger partial charge in [0.05, 0.1) is 0 Å². The van der Waals surface area contributed by atoms with Crippen LogP contribution in [0.2, 0.25) is 0 Å². The molecule has 0 aliphatic rings. The Morgan fingerprint density at radius 2 is 2.20 bits per heavy atom. The lowest BCUT2D eigenvalue weighted by Gasteiger charge is -2.06. The number of nitrogens with zero attached hydrogens (tertiary/aromatic N) is 2. The van der Waals surface area contributed by atoms with Crippen LogP contribution in [0.15, 0.2) is 40.3 Å². The number of aryl methyl sites for hydroxylation is 1. The molecule has 0 aliphatic carbocycles. The highest BCUT2D eigenvalue weighted by molar-refractivity contribution is 6.03. The Kier molecular flexibility index (Phi) is 4.30. The molecule has 1 aromatic heterocycles. The molecule has 20 heavy (non-hydrogen) atoms. The molecular formula is C15H17N3O2. The Labute approximate surface area is 117 Å². The molecule has 1 heterocycles. The van der Waals surface area contributed by atoms with E-state index in [1.165, 1.54) is 0 Å². The summed E-state index contributed by atoms with van der Waals surface area (Å²) < 4.78 is 5.37. The molecule has 104 valence electrons. The van der Waals surface area contributed by atoms with Crippen molar-refractivity contribution in [1.82, 2.24) is 10.2 Å². The predicted molar refractivity (Wildman–Crippen MR) is 77.1 cm³/mol. The van der Waals surface area contributed by atoms with Gasteiger partial charge in [-0.25, -0.2) is 0 Å². The van der Waals surface area contributed by atoms with Gasteiger partial charge in [0, 0.05) is 23.7 Å². The lowest BCUT2D eigenvalue weighted by molar-refractivity contribution is -0.112. The molecular weight excluding hydrogens is 254 g/mol. The number of carbonyl (C=O) groups excluding carboxylic acids is 1. The Morgan fingerprint density at radius 3 is 2.85 bits per heavy atom. The molecule has 0 saturated heterocycles. The summed E-state index contributed by atoms with van der Waals surface area (Å²) >= 11 is 0. The number of hydrogen-bond donors (Lipinski definition) is 1. The lowest BCUT2D eigenvalue weighted by atomic mass is 10.2. The van der Waals surface area contributed by atoms with Gasteiger partial charge in [0.1, 0.15) is 0 Å². The van der Waals surface area contributed by atoms with E-state index in [0.717, 1.165) is 12.0 Å². The fourth-order valence-electron chi connectivity index (χ4n) is 1.77. The molecule has 5 nitrogen and oxygen atoms in total. The first-order valence-corrected chi connectivity index (χ1v) is 6.48. The number of nitrogens with one attached hydrogen (secondary N) is 1. The first-order chi connectivity index (χ1) is 9.60. The van der Waals surface area contributed by atoms with Gasteiger partial charge >= 0.3 is 0 Å². The molecule has 0 spiro atoms. The van der Waals surface area contributed by atoms with Crippen molar-refractivity contribution in [2.24, 2.45) is 0 Å². The van der Waals surface area contributed by atoms with Crippen LogP contribution in [-0.2, 0) is 4.79 Å². The third-order valence-electron chi connectivity index (χ3n) is 2.76. The Balaban J connectivity index is 2.18. The zero-order chi connectivity index (χ0) is 14.5.